The molecule has 5 heteroatoms. The number of piperidine rings is 1. The molecule has 0 N–H and O–H groups in total. The lowest BCUT2D eigenvalue weighted by molar-refractivity contribution is 0.220. The quantitative estimate of drug-likeness (QED) is 0.784. The van der Waals surface area contributed by atoms with E-state index in [1.807, 2.05) is 0 Å². The maximum Gasteiger partial charge on any atom is 0.149 e. The van der Waals surface area contributed by atoms with Crippen molar-refractivity contribution in [3.8, 4) is 0 Å². The molecule has 0 aliphatic carbocycles. The molecule has 2 rings (SSSR count). The van der Waals surface area contributed by atoms with E-state index in [9.17, 15) is 8.78 Å². The molecule has 1 aliphatic rings. The van der Waals surface area contributed by atoms with Crippen molar-refractivity contribution in [2.24, 2.45) is 0 Å². The van der Waals surface area contributed by atoms with E-state index in [2.05, 4.69) is 11.8 Å². The van der Waals surface area contributed by atoms with Crippen molar-refractivity contribution in [3.63, 3.8) is 0 Å². The molecular formula is C15H21ClF2N2. The molecule has 0 bridgehead atoms. The highest BCUT2D eigenvalue weighted by molar-refractivity contribution is 6.17. The minimum absolute atomic E-state index is 0.0637. The SMILES string of the molecule is CCN1CCC(N(C)c2c(F)cc(CCl)cc2F)CC1. The lowest BCUT2D eigenvalue weighted by Gasteiger charge is -2.37. The van der Waals surface area contributed by atoms with Crippen molar-refractivity contribution >= 4 is 17.3 Å². The number of anilines is 1. The molecule has 0 spiro atoms. The van der Waals surface area contributed by atoms with Gasteiger partial charge in [-0.25, -0.2) is 8.78 Å². The van der Waals surface area contributed by atoms with Gasteiger partial charge in [0.15, 0.2) is 0 Å². The van der Waals surface area contributed by atoms with Crippen LogP contribution in [-0.4, -0.2) is 37.6 Å². The summed E-state index contributed by atoms with van der Waals surface area (Å²) >= 11 is 5.63. The monoisotopic (exact) mass is 302 g/mol. The van der Waals surface area contributed by atoms with Gasteiger partial charge in [0.2, 0.25) is 0 Å². The molecular weight excluding hydrogens is 282 g/mol. The number of rotatable bonds is 4. The van der Waals surface area contributed by atoms with Crippen molar-refractivity contribution in [1.82, 2.24) is 4.90 Å². The Labute approximate surface area is 124 Å². The minimum atomic E-state index is -0.527. The van der Waals surface area contributed by atoms with Crippen LogP contribution in [0.25, 0.3) is 0 Å². The first-order valence-corrected chi connectivity index (χ1v) is 7.59. The second kappa shape index (κ2) is 6.72. The van der Waals surface area contributed by atoms with E-state index < -0.39 is 11.6 Å². The van der Waals surface area contributed by atoms with Gasteiger partial charge in [0, 0.05) is 32.1 Å². The second-order valence-electron chi connectivity index (χ2n) is 5.32. The van der Waals surface area contributed by atoms with Crippen LogP contribution < -0.4 is 4.90 Å². The third-order valence-electron chi connectivity index (χ3n) is 4.14. The molecule has 0 amide bonds. The Morgan fingerprint density at radius 2 is 1.80 bits per heavy atom. The smallest absolute Gasteiger partial charge is 0.149 e. The predicted molar refractivity (Wildman–Crippen MR) is 79.5 cm³/mol. The number of benzene rings is 1. The van der Waals surface area contributed by atoms with Crippen LogP contribution in [0.4, 0.5) is 14.5 Å². The molecule has 2 nitrogen and oxygen atoms in total. The number of hydrogen-bond donors (Lipinski definition) is 0. The van der Waals surface area contributed by atoms with Crippen molar-refractivity contribution in [2.45, 2.75) is 31.7 Å². The van der Waals surface area contributed by atoms with Crippen LogP contribution in [-0.2, 0) is 5.88 Å². The molecule has 112 valence electrons. The molecule has 0 unspecified atom stereocenters. The lowest BCUT2D eigenvalue weighted by atomic mass is 10.0. The van der Waals surface area contributed by atoms with E-state index in [-0.39, 0.29) is 17.6 Å². The van der Waals surface area contributed by atoms with Crippen LogP contribution in [0.5, 0.6) is 0 Å². The van der Waals surface area contributed by atoms with Gasteiger partial charge in [0.05, 0.1) is 0 Å². The summed E-state index contributed by atoms with van der Waals surface area (Å²) in [5.41, 5.74) is 0.536. The van der Waals surface area contributed by atoms with Crippen LogP contribution >= 0.6 is 11.6 Å². The van der Waals surface area contributed by atoms with Crippen LogP contribution in [0.1, 0.15) is 25.3 Å². The second-order valence-corrected chi connectivity index (χ2v) is 5.59. The van der Waals surface area contributed by atoms with Crippen molar-refractivity contribution in [2.75, 3.05) is 31.6 Å². The summed E-state index contributed by atoms with van der Waals surface area (Å²) in [7, 11) is 1.77. The first-order chi connectivity index (χ1) is 9.56. The summed E-state index contributed by atoms with van der Waals surface area (Å²) in [5.74, 6) is -0.936. The minimum Gasteiger partial charge on any atom is -0.367 e. The van der Waals surface area contributed by atoms with Crippen molar-refractivity contribution < 1.29 is 8.78 Å². The molecule has 0 atom stereocenters. The first-order valence-electron chi connectivity index (χ1n) is 7.05. The summed E-state index contributed by atoms with van der Waals surface area (Å²) in [6, 6.07) is 2.83. The highest BCUT2D eigenvalue weighted by atomic mass is 35.5. The molecule has 1 saturated heterocycles. The third-order valence-corrected chi connectivity index (χ3v) is 4.44. The van der Waals surface area contributed by atoms with Gasteiger partial charge in [-0.2, -0.15) is 0 Å². The van der Waals surface area contributed by atoms with Gasteiger partial charge in [0.25, 0.3) is 0 Å². The van der Waals surface area contributed by atoms with E-state index in [1.165, 1.54) is 12.1 Å². The highest BCUT2D eigenvalue weighted by Gasteiger charge is 2.25. The molecule has 0 saturated carbocycles. The molecule has 1 aliphatic heterocycles. The van der Waals surface area contributed by atoms with Crippen LogP contribution in [0.2, 0.25) is 0 Å². The van der Waals surface area contributed by atoms with E-state index in [1.54, 1.807) is 11.9 Å². The zero-order chi connectivity index (χ0) is 14.7. The van der Waals surface area contributed by atoms with Crippen LogP contribution in [0.15, 0.2) is 12.1 Å². The van der Waals surface area contributed by atoms with Gasteiger partial charge in [-0.1, -0.05) is 6.92 Å². The molecule has 0 aromatic heterocycles. The fraction of sp³-hybridized carbons (Fsp3) is 0.600. The van der Waals surface area contributed by atoms with E-state index in [0.29, 0.717) is 5.56 Å². The van der Waals surface area contributed by atoms with Gasteiger partial charge < -0.3 is 9.80 Å². The number of likely N-dealkylation sites (tertiary alicyclic amines) is 1. The van der Waals surface area contributed by atoms with Gasteiger partial charge in [-0.15, -0.1) is 11.6 Å². The zero-order valence-corrected chi connectivity index (χ0v) is 12.8. The number of hydrogen-bond acceptors (Lipinski definition) is 2. The Morgan fingerprint density at radius 1 is 1.25 bits per heavy atom. The highest BCUT2D eigenvalue weighted by Crippen LogP contribution is 2.29. The Kier molecular flexibility index (Phi) is 5.22. The Balaban J connectivity index is 2.15. The molecule has 1 fully saturated rings. The fourth-order valence-electron chi connectivity index (χ4n) is 2.84. The summed E-state index contributed by atoms with van der Waals surface area (Å²) in [6.07, 6.45) is 1.86. The van der Waals surface area contributed by atoms with Crippen LogP contribution in [0.3, 0.4) is 0 Å². The third kappa shape index (κ3) is 3.23. The predicted octanol–water partition coefficient (Wildman–Crippen LogP) is 3.62. The Hall–Kier alpha value is -0.870. The molecule has 0 radical (unpaired) electrons. The standard InChI is InChI=1S/C15H21ClF2N2/c1-3-20-6-4-12(5-7-20)19(2)15-13(17)8-11(10-16)9-14(15)18/h8-9,12H,3-7,10H2,1-2H3. The van der Waals surface area contributed by atoms with Gasteiger partial charge in [0.1, 0.15) is 17.3 Å². The van der Waals surface area contributed by atoms with E-state index in [4.69, 9.17) is 11.6 Å². The van der Waals surface area contributed by atoms with E-state index in [0.717, 1.165) is 32.5 Å². The fourth-order valence-corrected chi connectivity index (χ4v) is 2.99. The van der Waals surface area contributed by atoms with Crippen LogP contribution in [0, 0.1) is 11.6 Å². The molecule has 1 heterocycles. The average molecular weight is 303 g/mol. The zero-order valence-electron chi connectivity index (χ0n) is 12.0. The van der Waals surface area contributed by atoms with Crippen molar-refractivity contribution in [1.29, 1.82) is 0 Å². The normalized spacial score (nSPS) is 17.4. The summed E-state index contributed by atoms with van der Waals surface area (Å²) in [4.78, 5) is 4.10. The average Bonchev–Trinajstić information content (AvgIpc) is 2.46. The van der Waals surface area contributed by atoms with E-state index >= 15 is 0 Å². The first kappa shape index (κ1) is 15.5. The summed E-state index contributed by atoms with van der Waals surface area (Å²) in [5, 5.41) is 0. The largest absolute Gasteiger partial charge is 0.367 e. The number of nitrogens with zero attached hydrogens (tertiary/aromatic N) is 2. The molecule has 1 aromatic rings. The molecule has 1 aromatic carbocycles. The topological polar surface area (TPSA) is 6.48 Å². The maximum absolute atomic E-state index is 14.1. The number of alkyl halides is 1. The van der Waals surface area contributed by atoms with Crippen molar-refractivity contribution in [3.05, 3.63) is 29.3 Å². The number of halogens is 3. The van der Waals surface area contributed by atoms with Gasteiger partial charge >= 0.3 is 0 Å². The summed E-state index contributed by atoms with van der Waals surface area (Å²) in [6.45, 7) is 5.13. The maximum atomic E-state index is 14.1. The van der Waals surface area contributed by atoms with Gasteiger partial charge in [-0.3, -0.25) is 0 Å². The Morgan fingerprint density at radius 3 is 2.25 bits per heavy atom. The molecule has 20 heavy (non-hydrogen) atoms. The van der Waals surface area contributed by atoms with Gasteiger partial charge in [-0.05, 0) is 37.1 Å². The summed E-state index contributed by atoms with van der Waals surface area (Å²) < 4.78 is 28.2. The Bertz CT molecular complexity index is 436. The lowest BCUT2D eigenvalue weighted by Crippen LogP contribution is -2.43.